The summed E-state index contributed by atoms with van der Waals surface area (Å²) in [5, 5.41) is 8.92. The van der Waals surface area contributed by atoms with Crippen LogP contribution in [0.1, 0.15) is 75.3 Å². The highest BCUT2D eigenvalue weighted by Gasteiger charge is 2.30. The molecule has 0 amide bonds. The van der Waals surface area contributed by atoms with Crippen molar-refractivity contribution >= 4 is 0 Å². The number of nitrogens with zero attached hydrogens (tertiary/aromatic N) is 1. The van der Waals surface area contributed by atoms with Crippen LogP contribution in [0.4, 0.5) is 0 Å². The Morgan fingerprint density at radius 3 is 1.96 bits per heavy atom. The molecule has 0 radical (unpaired) electrons. The number of hydrogen-bond acceptors (Lipinski definition) is 1. The topological polar surface area (TPSA) is 23.8 Å². The van der Waals surface area contributed by atoms with E-state index >= 15 is 0 Å². The van der Waals surface area contributed by atoms with Crippen molar-refractivity contribution in [3.05, 3.63) is 47.5 Å². The molecule has 0 N–H and O–H groups in total. The van der Waals surface area contributed by atoms with Crippen molar-refractivity contribution in [3.8, 4) is 6.07 Å². The summed E-state index contributed by atoms with van der Waals surface area (Å²) in [6.45, 7) is 2.15. The lowest BCUT2D eigenvalue weighted by molar-refractivity contribution is 0.171. The first kappa shape index (κ1) is 16.3. The van der Waals surface area contributed by atoms with E-state index in [0.717, 1.165) is 29.2 Å². The Morgan fingerprint density at radius 1 is 0.870 bits per heavy atom. The molecule has 2 fully saturated rings. The molecule has 0 unspecified atom stereocenters. The maximum atomic E-state index is 8.92. The van der Waals surface area contributed by atoms with Gasteiger partial charge >= 0.3 is 0 Å². The zero-order valence-electron chi connectivity index (χ0n) is 14.4. The summed E-state index contributed by atoms with van der Waals surface area (Å²) in [5.74, 6) is 3.53. The van der Waals surface area contributed by atoms with Gasteiger partial charge in [0.2, 0.25) is 0 Å². The Hall–Kier alpha value is -1.55. The van der Waals surface area contributed by atoms with E-state index in [-0.39, 0.29) is 0 Å². The highest BCUT2D eigenvalue weighted by atomic mass is 14.4. The number of rotatable bonds is 3. The Bertz CT molecular complexity index is 547. The molecule has 0 aromatic heterocycles. The molecule has 122 valence electrons. The lowest BCUT2D eigenvalue weighted by atomic mass is 9.68. The van der Waals surface area contributed by atoms with Crippen molar-refractivity contribution in [1.82, 2.24) is 0 Å². The minimum atomic E-state index is 0.721. The van der Waals surface area contributed by atoms with Gasteiger partial charge in [-0.3, -0.25) is 0 Å². The molecule has 0 heterocycles. The fourth-order valence-electron chi connectivity index (χ4n) is 4.83. The van der Waals surface area contributed by atoms with E-state index in [1.165, 1.54) is 56.9 Å². The van der Waals surface area contributed by atoms with Crippen molar-refractivity contribution in [3.63, 3.8) is 0 Å². The second kappa shape index (κ2) is 7.82. The SMILES string of the molecule is CC=C[C@H]1CC[C@H]([C@H]2CC[C@H](c3ccc(C#N)cc3)CC2)CC1. The molecule has 1 aromatic carbocycles. The first-order chi connectivity index (χ1) is 11.3. The minimum Gasteiger partial charge on any atom is -0.192 e. The van der Waals surface area contributed by atoms with Crippen molar-refractivity contribution in [1.29, 1.82) is 5.26 Å². The molecule has 0 aliphatic heterocycles. The molecule has 0 atom stereocenters. The molecule has 0 saturated heterocycles. The number of hydrogen-bond donors (Lipinski definition) is 0. The van der Waals surface area contributed by atoms with Crippen molar-refractivity contribution < 1.29 is 0 Å². The standard InChI is InChI=1S/C22H29N/c1-2-3-17-4-8-19(9-5-17)21-12-14-22(15-13-21)20-10-6-18(16-23)7-11-20/h2-3,6-7,10-11,17,19,21-22H,4-5,8-9,12-15H2,1H3/t17-,19-,21-,22-. The maximum absolute atomic E-state index is 8.92. The van der Waals surface area contributed by atoms with E-state index in [2.05, 4.69) is 37.3 Å². The van der Waals surface area contributed by atoms with Gasteiger partial charge in [-0.05, 0) is 99.7 Å². The zero-order chi connectivity index (χ0) is 16.1. The van der Waals surface area contributed by atoms with Crippen LogP contribution < -0.4 is 0 Å². The smallest absolute Gasteiger partial charge is 0.0991 e. The molecule has 1 nitrogen and oxygen atoms in total. The molecule has 2 saturated carbocycles. The summed E-state index contributed by atoms with van der Waals surface area (Å²) >= 11 is 0. The lowest BCUT2D eigenvalue weighted by Crippen LogP contribution is -2.25. The maximum Gasteiger partial charge on any atom is 0.0991 e. The molecular weight excluding hydrogens is 278 g/mol. The molecule has 2 aliphatic carbocycles. The lowest BCUT2D eigenvalue weighted by Gasteiger charge is -2.37. The normalized spacial score (nSPS) is 31.8. The first-order valence-corrected chi connectivity index (χ1v) is 9.43. The van der Waals surface area contributed by atoms with Crippen molar-refractivity contribution in [2.45, 2.75) is 64.2 Å². The second-order valence-electron chi connectivity index (χ2n) is 7.55. The minimum absolute atomic E-state index is 0.721. The van der Waals surface area contributed by atoms with Crippen LogP contribution >= 0.6 is 0 Å². The van der Waals surface area contributed by atoms with E-state index in [9.17, 15) is 0 Å². The third kappa shape index (κ3) is 4.05. The molecule has 2 aliphatic rings. The predicted molar refractivity (Wildman–Crippen MR) is 96.1 cm³/mol. The van der Waals surface area contributed by atoms with E-state index in [1.807, 2.05) is 12.1 Å². The quantitative estimate of drug-likeness (QED) is 0.608. The fraction of sp³-hybridized carbons (Fsp3) is 0.591. The molecule has 0 bridgehead atoms. The second-order valence-corrected chi connectivity index (χ2v) is 7.55. The van der Waals surface area contributed by atoms with Crippen molar-refractivity contribution in [2.24, 2.45) is 17.8 Å². The molecule has 3 rings (SSSR count). The van der Waals surface area contributed by atoms with Crippen LogP contribution in [0.2, 0.25) is 0 Å². The Labute approximate surface area is 141 Å². The molecule has 1 heteroatoms. The van der Waals surface area contributed by atoms with E-state index in [4.69, 9.17) is 5.26 Å². The third-order valence-electron chi connectivity index (χ3n) is 6.23. The van der Waals surface area contributed by atoms with E-state index < -0.39 is 0 Å². The van der Waals surface area contributed by atoms with Gasteiger partial charge in [-0.25, -0.2) is 0 Å². The van der Waals surface area contributed by atoms with Gasteiger partial charge in [0.15, 0.2) is 0 Å². The Balaban J connectivity index is 1.49. The van der Waals surface area contributed by atoms with Gasteiger partial charge in [0.05, 0.1) is 11.6 Å². The van der Waals surface area contributed by atoms with E-state index in [1.54, 1.807) is 0 Å². The summed E-state index contributed by atoms with van der Waals surface area (Å²) in [5.41, 5.74) is 2.22. The van der Waals surface area contributed by atoms with Gasteiger partial charge in [0, 0.05) is 0 Å². The Morgan fingerprint density at radius 2 is 1.43 bits per heavy atom. The monoisotopic (exact) mass is 307 g/mol. The van der Waals surface area contributed by atoms with Crippen LogP contribution in [0, 0.1) is 29.1 Å². The highest BCUT2D eigenvalue weighted by Crippen LogP contribution is 2.44. The van der Waals surface area contributed by atoms with Crippen LogP contribution in [0.15, 0.2) is 36.4 Å². The molecule has 1 aromatic rings. The van der Waals surface area contributed by atoms with Crippen LogP contribution in [0.3, 0.4) is 0 Å². The summed E-state index contributed by atoms with van der Waals surface area (Å²) in [6.07, 6.45) is 15.8. The predicted octanol–water partition coefficient (Wildman–Crippen LogP) is 6.21. The van der Waals surface area contributed by atoms with Crippen LogP contribution in [0.5, 0.6) is 0 Å². The Kier molecular flexibility index (Phi) is 5.55. The van der Waals surface area contributed by atoms with Gasteiger partial charge in [-0.15, -0.1) is 0 Å². The van der Waals surface area contributed by atoms with Gasteiger partial charge in [-0.1, -0.05) is 24.3 Å². The summed E-state index contributed by atoms with van der Waals surface area (Å²) in [6, 6.07) is 10.5. The van der Waals surface area contributed by atoms with E-state index in [0.29, 0.717) is 0 Å². The van der Waals surface area contributed by atoms with Gasteiger partial charge in [-0.2, -0.15) is 5.26 Å². The molecule has 23 heavy (non-hydrogen) atoms. The van der Waals surface area contributed by atoms with Crippen molar-refractivity contribution in [2.75, 3.05) is 0 Å². The average molecular weight is 307 g/mol. The largest absolute Gasteiger partial charge is 0.192 e. The molecular formula is C22H29N. The van der Waals surface area contributed by atoms with Crippen LogP contribution in [0.25, 0.3) is 0 Å². The van der Waals surface area contributed by atoms with Gasteiger partial charge in [0.25, 0.3) is 0 Å². The number of nitriles is 1. The van der Waals surface area contributed by atoms with Gasteiger partial charge in [0.1, 0.15) is 0 Å². The summed E-state index contributed by atoms with van der Waals surface area (Å²) in [7, 11) is 0. The number of allylic oxidation sites excluding steroid dienone is 2. The fourth-order valence-corrected chi connectivity index (χ4v) is 4.83. The number of benzene rings is 1. The summed E-state index contributed by atoms with van der Waals surface area (Å²) in [4.78, 5) is 0. The third-order valence-corrected chi connectivity index (χ3v) is 6.23. The summed E-state index contributed by atoms with van der Waals surface area (Å²) < 4.78 is 0. The molecule has 0 spiro atoms. The van der Waals surface area contributed by atoms with Gasteiger partial charge < -0.3 is 0 Å². The van der Waals surface area contributed by atoms with Crippen LogP contribution in [-0.4, -0.2) is 0 Å². The average Bonchev–Trinajstić information content (AvgIpc) is 2.63. The first-order valence-electron chi connectivity index (χ1n) is 9.43. The van der Waals surface area contributed by atoms with Crippen LogP contribution in [-0.2, 0) is 0 Å². The highest BCUT2D eigenvalue weighted by molar-refractivity contribution is 5.33. The zero-order valence-corrected chi connectivity index (χ0v) is 14.4.